The number of esters is 1. The van der Waals surface area contributed by atoms with Crippen molar-refractivity contribution in [1.82, 2.24) is 19.9 Å². The number of aromatic amines is 1. The van der Waals surface area contributed by atoms with Crippen molar-refractivity contribution in [2.24, 2.45) is 0 Å². The molecule has 0 aliphatic rings. The molecule has 1 amide bonds. The maximum atomic E-state index is 12.3. The summed E-state index contributed by atoms with van der Waals surface area (Å²) in [4.78, 5) is 55.5. The largest absolute Gasteiger partial charge is 0.449 e. The number of aromatic nitrogens is 3. The van der Waals surface area contributed by atoms with Crippen molar-refractivity contribution in [3.8, 4) is 0 Å². The van der Waals surface area contributed by atoms with Crippen molar-refractivity contribution >= 4 is 34.2 Å². The summed E-state index contributed by atoms with van der Waals surface area (Å²) in [7, 11) is 0. The summed E-state index contributed by atoms with van der Waals surface area (Å²) in [6, 6.07) is 5.06. The van der Waals surface area contributed by atoms with Gasteiger partial charge in [0.15, 0.2) is 6.10 Å². The van der Waals surface area contributed by atoms with E-state index in [1.807, 2.05) is 17.5 Å². The second-order valence-electron chi connectivity index (χ2n) is 5.94. The number of fused-ring (bicyclic) bond motifs is 1. The van der Waals surface area contributed by atoms with E-state index in [0.717, 1.165) is 4.88 Å². The second kappa shape index (κ2) is 8.17. The first-order chi connectivity index (χ1) is 13.4. The molecule has 10 heteroatoms. The molecule has 0 spiro atoms. The smallest absolute Gasteiger partial charge is 0.340 e. The van der Waals surface area contributed by atoms with E-state index in [1.54, 1.807) is 6.92 Å². The lowest BCUT2D eigenvalue weighted by atomic mass is 10.2. The summed E-state index contributed by atoms with van der Waals surface area (Å²) >= 11 is 1.51. The molecule has 0 aliphatic carbocycles. The number of hydrogen-bond donors (Lipinski definition) is 2. The molecule has 3 rings (SSSR count). The first-order valence-corrected chi connectivity index (χ1v) is 9.42. The molecule has 3 heterocycles. The van der Waals surface area contributed by atoms with Gasteiger partial charge < -0.3 is 10.1 Å². The lowest BCUT2D eigenvalue weighted by molar-refractivity contribution is -0.129. The zero-order valence-electron chi connectivity index (χ0n) is 15.2. The molecule has 28 heavy (non-hydrogen) atoms. The Kier molecular flexibility index (Phi) is 5.69. The average Bonchev–Trinajstić information content (AvgIpc) is 3.19. The number of nitrogens with zero attached hydrogens (tertiary/aromatic N) is 2. The molecule has 1 unspecified atom stereocenters. The number of thiophene rings is 1. The molecule has 3 aromatic heterocycles. The minimum Gasteiger partial charge on any atom is -0.449 e. The Morgan fingerprint density at radius 3 is 2.86 bits per heavy atom. The Labute approximate surface area is 163 Å². The molecule has 0 bridgehead atoms. The van der Waals surface area contributed by atoms with E-state index in [1.165, 1.54) is 35.1 Å². The molecule has 0 saturated heterocycles. The highest BCUT2D eigenvalue weighted by Gasteiger charge is 2.20. The third-order valence-electron chi connectivity index (χ3n) is 4.05. The third kappa shape index (κ3) is 4.01. The number of H-pyrrole nitrogens is 1. The normalized spacial score (nSPS) is 11.9. The number of aryl methyl sites for hydroxylation is 1. The minimum absolute atomic E-state index is 0.0113. The first-order valence-electron chi connectivity index (χ1n) is 8.54. The number of hydrogen-bond acceptors (Lipinski definition) is 7. The quantitative estimate of drug-likeness (QED) is 0.594. The molecule has 0 radical (unpaired) electrons. The van der Waals surface area contributed by atoms with Crippen LogP contribution in [-0.4, -0.2) is 32.5 Å². The molecule has 146 valence electrons. The van der Waals surface area contributed by atoms with Gasteiger partial charge in [0, 0.05) is 17.6 Å². The summed E-state index contributed by atoms with van der Waals surface area (Å²) in [6.45, 7) is 3.85. The van der Waals surface area contributed by atoms with Gasteiger partial charge in [-0.1, -0.05) is 6.07 Å². The molecule has 0 saturated carbocycles. The van der Waals surface area contributed by atoms with Crippen molar-refractivity contribution in [3.63, 3.8) is 0 Å². The summed E-state index contributed by atoms with van der Waals surface area (Å²) in [5.41, 5.74) is -1.03. The number of carbonyl (C=O) groups is 2. The SMILES string of the molecule is CCn1c(=O)[nH]c(=O)c2cc(C(=O)OC(C)C(=O)NCc3cccs3)cnc21. The second-order valence-corrected chi connectivity index (χ2v) is 6.98. The fourth-order valence-corrected chi connectivity index (χ4v) is 3.23. The van der Waals surface area contributed by atoms with Crippen LogP contribution in [0.25, 0.3) is 11.0 Å². The highest BCUT2D eigenvalue weighted by Crippen LogP contribution is 2.11. The monoisotopic (exact) mass is 402 g/mol. The van der Waals surface area contributed by atoms with Crippen LogP contribution >= 0.6 is 11.3 Å². The molecule has 1 atom stereocenters. The van der Waals surface area contributed by atoms with Gasteiger partial charge in [0.25, 0.3) is 11.5 Å². The number of amides is 1. The van der Waals surface area contributed by atoms with Gasteiger partial charge in [0.05, 0.1) is 17.5 Å². The Balaban J connectivity index is 1.75. The van der Waals surface area contributed by atoms with Crippen LogP contribution in [0.4, 0.5) is 0 Å². The first kappa shape index (κ1) is 19.5. The Hall–Kier alpha value is -3.27. The molecular weight excluding hydrogens is 384 g/mol. The summed E-state index contributed by atoms with van der Waals surface area (Å²) in [6.07, 6.45) is 0.192. The van der Waals surface area contributed by atoms with Crippen LogP contribution in [0, 0.1) is 0 Å². The van der Waals surface area contributed by atoms with E-state index in [-0.39, 0.29) is 16.6 Å². The van der Waals surface area contributed by atoms with Gasteiger partial charge >= 0.3 is 11.7 Å². The number of ether oxygens (including phenoxy) is 1. The fraction of sp³-hybridized carbons (Fsp3) is 0.278. The van der Waals surface area contributed by atoms with Crippen LogP contribution in [-0.2, 0) is 22.6 Å². The van der Waals surface area contributed by atoms with Crippen LogP contribution in [0.15, 0.2) is 39.4 Å². The van der Waals surface area contributed by atoms with E-state index in [0.29, 0.717) is 13.1 Å². The molecular formula is C18H18N4O5S. The van der Waals surface area contributed by atoms with E-state index >= 15 is 0 Å². The van der Waals surface area contributed by atoms with Crippen LogP contribution in [0.2, 0.25) is 0 Å². The van der Waals surface area contributed by atoms with Gasteiger partial charge in [-0.2, -0.15) is 0 Å². The number of rotatable bonds is 6. The Morgan fingerprint density at radius 1 is 1.39 bits per heavy atom. The van der Waals surface area contributed by atoms with Gasteiger partial charge in [-0.05, 0) is 31.4 Å². The topological polar surface area (TPSA) is 123 Å². The average molecular weight is 402 g/mol. The fourth-order valence-electron chi connectivity index (χ4n) is 2.59. The predicted molar refractivity (Wildman–Crippen MR) is 103 cm³/mol. The van der Waals surface area contributed by atoms with Crippen molar-refractivity contribution in [1.29, 1.82) is 0 Å². The molecule has 0 aromatic carbocycles. The predicted octanol–water partition coefficient (Wildman–Crippen LogP) is 1.03. The lowest BCUT2D eigenvalue weighted by Crippen LogP contribution is -2.35. The maximum Gasteiger partial charge on any atom is 0.340 e. The van der Waals surface area contributed by atoms with Crippen LogP contribution in [0.5, 0.6) is 0 Å². The van der Waals surface area contributed by atoms with E-state index in [2.05, 4.69) is 15.3 Å². The van der Waals surface area contributed by atoms with Crippen molar-refractivity contribution in [2.45, 2.75) is 33.0 Å². The number of nitrogens with one attached hydrogen (secondary N) is 2. The van der Waals surface area contributed by atoms with E-state index in [4.69, 9.17) is 4.74 Å². The van der Waals surface area contributed by atoms with Crippen molar-refractivity contribution in [3.05, 3.63) is 61.1 Å². The highest BCUT2D eigenvalue weighted by molar-refractivity contribution is 7.09. The van der Waals surface area contributed by atoms with Crippen molar-refractivity contribution in [2.75, 3.05) is 0 Å². The van der Waals surface area contributed by atoms with Crippen LogP contribution in [0.3, 0.4) is 0 Å². The lowest BCUT2D eigenvalue weighted by Gasteiger charge is -2.13. The molecule has 0 fully saturated rings. The van der Waals surface area contributed by atoms with Crippen molar-refractivity contribution < 1.29 is 14.3 Å². The standard InChI is InChI=1S/C18H18N4O5S/c1-3-22-14-13(16(24)21-18(22)26)7-11(8-19-14)17(25)27-10(2)15(23)20-9-12-5-4-6-28-12/h4-8,10H,3,9H2,1-2H3,(H,20,23)(H,21,24,26). The summed E-state index contributed by atoms with van der Waals surface area (Å²) in [5, 5.41) is 4.68. The Morgan fingerprint density at radius 2 is 2.18 bits per heavy atom. The molecule has 2 N–H and O–H groups in total. The third-order valence-corrected chi connectivity index (χ3v) is 4.93. The number of carbonyl (C=O) groups excluding carboxylic acids is 2. The summed E-state index contributed by atoms with van der Waals surface area (Å²) in [5.74, 6) is -1.23. The van der Waals surface area contributed by atoms with Gasteiger partial charge in [-0.3, -0.25) is 19.1 Å². The van der Waals surface area contributed by atoms with E-state index < -0.39 is 29.2 Å². The molecule has 0 aliphatic heterocycles. The Bertz CT molecular complexity index is 1130. The zero-order chi connectivity index (χ0) is 20.3. The highest BCUT2D eigenvalue weighted by atomic mass is 32.1. The van der Waals surface area contributed by atoms with Crippen LogP contribution < -0.4 is 16.6 Å². The number of pyridine rings is 1. The van der Waals surface area contributed by atoms with Gasteiger partial charge in [0.1, 0.15) is 5.65 Å². The molecule has 9 nitrogen and oxygen atoms in total. The molecule has 3 aromatic rings. The van der Waals surface area contributed by atoms with E-state index in [9.17, 15) is 19.2 Å². The maximum absolute atomic E-state index is 12.3. The van der Waals surface area contributed by atoms with Crippen LogP contribution in [0.1, 0.15) is 29.1 Å². The van der Waals surface area contributed by atoms with Gasteiger partial charge in [-0.25, -0.2) is 14.6 Å². The minimum atomic E-state index is -1.02. The zero-order valence-corrected chi connectivity index (χ0v) is 16.0. The van der Waals surface area contributed by atoms with Gasteiger partial charge in [-0.15, -0.1) is 11.3 Å². The van der Waals surface area contributed by atoms with Gasteiger partial charge in [0.2, 0.25) is 0 Å². The summed E-state index contributed by atoms with van der Waals surface area (Å²) < 4.78 is 6.45.